The molecule has 6 amide bonds. The number of unbranched alkanes of at least 4 members (excludes halogenated alkanes) is 2. The number of carbonyl (C=O) groups excluding carboxylic acids is 6. The molecule has 0 saturated carbocycles. The smallest absolute Gasteiger partial charge is 0.336 e. The summed E-state index contributed by atoms with van der Waals surface area (Å²) in [4.78, 5) is 120. The van der Waals surface area contributed by atoms with Crippen LogP contribution >= 0.6 is 36.4 Å². The van der Waals surface area contributed by atoms with Crippen molar-refractivity contribution in [2.24, 2.45) is 0 Å². The molecule has 1 fully saturated rings. The van der Waals surface area contributed by atoms with Crippen molar-refractivity contribution in [2.45, 2.75) is 94.1 Å². The predicted molar refractivity (Wildman–Crippen MR) is 323 cm³/mol. The van der Waals surface area contributed by atoms with E-state index in [4.69, 9.17) is 28.2 Å². The Morgan fingerprint density at radius 2 is 1.41 bits per heavy atom. The number of aliphatic carboxylic acids is 1. The number of aromatic hydroxyl groups is 3. The molecule has 2 aliphatic heterocycles. The Labute approximate surface area is 507 Å². The number of aromatic carboxylic acids is 1. The van der Waals surface area contributed by atoms with Crippen molar-refractivity contribution < 1.29 is 73.4 Å². The molecule has 0 spiro atoms. The largest absolute Gasteiger partial charge is 0.508 e. The summed E-state index contributed by atoms with van der Waals surface area (Å²) in [5.41, 5.74) is 2.43. The monoisotopic (exact) mass is 1240 g/mol. The van der Waals surface area contributed by atoms with Crippen LogP contribution in [-0.2, 0) is 46.4 Å². The van der Waals surface area contributed by atoms with Gasteiger partial charge in [-0.25, -0.2) is 4.79 Å². The number of carboxylic acids is 2. The lowest BCUT2D eigenvalue weighted by molar-refractivity contribution is -0.142. The van der Waals surface area contributed by atoms with Gasteiger partial charge >= 0.3 is 11.9 Å². The second-order valence-electron chi connectivity index (χ2n) is 20.4. The van der Waals surface area contributed by atoms with E-state index in [0.29, 0.717) is 64.7 Å². The molecule has 4 aromatic rings. The molecule has 1 saturated heterocycles. The van der Waals surface area contributed by atoms with Crippen LogP contribution in [0.2, 0.25) is 5.02 Å². The minimum atomic E-state index is -1.59. The van der Waals surface area contributed by atoms with Gasteiger partial charge in [-0.05, 0) is 109 Å². The number of likely N-dealkylation sites (tertiary alicyclic amines) is 1. The first-order valence-corrected chi connectivity index (χ1v) is 28.5. The summed E-state index contributed by atoms with van der Waals surface area (Å²) in [6.07, 6.45) is -1.41. The molecule has 0 bridgehead atoms. The van der Waals surface area contributed by atoms with E-state index in [9.17, 15) is 73.8 Å². The number of benzene rings is 5. The molecule has 3 aliphatic rings. The van der Waals surface area contributed by atoms with Gasteiger partial charge in [0.15, 0.2) is 10.5 Å². The van der Waals surface area contributed by atoms with E-state index in [1.165, 1.54) is 79.8 Å². The number of fused-ring (bicyclic) bond motifs is 2. The Bertz CT molecular complexity index is 3570. The molecule has 1 aliphatic carbocycles. The zero-order valence-electron chi connectivity index (χ0n) is 46.1. The number of hydrogen-bond donors (Lipinski definition) is 14. The third-order valence-corrected chi connectivity index (χ3v) is 15.0. The molecule has 0 unspecified atom stereocenters. The zero-order valence-corrected chi connectivity index (χ0v) is 48.6. The van der Waals surface area contributed by atoms with Gasteiger partial charge in [0, 0.05) is 92.3 Å². The second kappa shape index (κ2) is 29.7. The number of nitrogens with one attached hydrogen (secondary N) is 7. The minimum absolute atomic E-state index is 0.0102. The van der Waals surface area contributed by atoms with Gasteiger partial charge in [-0.15, -0.1) is 0 Å². The first kappa shape index (κ1) is 64.6. The molecule has 454 valence electrons. The van der Waals surface area contributed by atoms with Crippen molar-refractivity contribution in [3.05, 3.63) is 129 Å². The number of β-amino-alcohol motifs (C(OH)–C–C–N with tert-alkyl or cyclic N) is 1. The van der Waals surface area contributed by atoms with Gasteiger partial charge < -0.3 is 77.2 Å². The molecule has 27 heteroatoms. The predicted octanol–water partition coefficient (Wildman–Crippen LogP) is 3.81. The number of nitrogens with zero attached hydrogens (tertiary/aromatic N) is 1. The van der Waals surface area contributed by atoms with Crippen LogP contribution < -0.4 is 42.6 Å². The van der Waals surface area contributed by atoms with E-state index in [-0.39, 0.29) is 87.7 Å². The first-order chi connectivity index (χ1) is 41.0. The third kappa shape index (κ3) is 17.1. The fraction of sp³-hybridized carbons (Fsp3) is 0.322. The Morgan fingerprint density at radius 1 is 0.733 bits per heavy atom. The van der Waals surface area contributed by atoms with Crippen LogP contribution in [0.15, 0.2) is 106 Å². The lowest BCUT2D eigenvalue weighted by Crippen LogP contribution is -2.59. The van der Waals surface area contributed by atoms with Crippen LogP contribution in [0.5, 0.6) is 17.2 Å². The van der Waals surface area contributed by atoms with E-state index in [1.807, 2.05) is 0 Å². The van der Waals surface area contributed by atoms with Crippen LogP contribution in [0.1, 0.15) is 66.4 Å². The van der Waals surface area contributed by atoms with E-state index < -0.39 is 96.5 Å². The fourth-order valence-electron chi connectivity index (χ4n) is 9.81. The number of amides is 6. The number of aliphatic hydroxyl groups is 1. The van der Waals surface area contributed by atoms with Crippen molar-refractivity contribution in [1.82, 2.24) is 36.8 Å². The fourth-order valence-corrected chi connectivity index (χ4v) is 10.5. The van der Waals surface area contributed by atoms with Gasteiger partial charge in [0.2, 0.25) is 35.4 Å². The highest BCUT2D eigenvalue weighted by Crippen LogP contribution is 2.42. The number of rotatable bonds is 26. The van der Waals surface area contributed by atoms with Crippen molar-refractivity contribution in [2.75, 3.05) is 31.2 Å². The molecule has 0 aromatic heterocycles. The summed E-state index contributed by atoms with van der Waals surface area (Å²) < 4.78 is 5.91. The SMILES string of the molecule is CNC(=O)[C@H](Cc1ccc(O)c(Cl)c1)NC(=O)[C@@H]1C[C@@H](O)CN1C(=O)[C@H](CS)NC(=O)[C@@H](CCC(=O)O)NC(=O)[C@H](Cc1ccc(O)cc1)NC(=O)CCCCCNC(=S)Nc1ccc(-c2c3ccc(=O)cc-3oc3cc(O)ccc23)c(C(=O)O)c1. The molecule has 2 heterocycles. The summed E-state index contributed by atoms with van der Waals surface area (Å²) in [5.74, 6) is -7.79. The molecule has 13 N–H and O–H groups in total. The summed E-state index contributed by atoms with van der Waals surface area (Å²) in [6, 6.07) is 16.3. The second-order valence-corrected chi connectivity index (χ2v) is 21.5. The van der Waals surface area contributed by atoms with Crippen molar-refractivity contribution in [3.63, 3.8) is 0 Å². The number of thiol groups is 1. The number of phenolic OH excluding ortho intramolecular Hbond substituents is 3. The maximum Gasteiger partial charge on any atom is 0.336 e. The van der Waals surface area contributed by atoms with E-state index >= 15 is 0 Å². The summed E-state index contributed by atoms with van der Waals surface area (Å²) in [7, 11) is 1.35. The Balaban J connectivity index is 0.944. The standard InChI is InChI=1S/C59H63ClN8O16S2/c1-61-53(77)43(23-31-8-18-47(73)41(60)21-31)66-56(80)46-25-36(72)28-68(46)57(81)45(29-85)67-54(78)42(17-19-51(75)76)65-55(79)44(22-30-6-10-33(69)11-7-30)64-50(74)5-3-2-4-20-62-59(86)63-32-9-14-37(40(24-32)58(82)83)52-38-15-12-34(70)26-48(38)84-49-27-35(71)13-16-39(49)52/h6-16,18,21,24,26-27,36,42-46,69-70,72-73,85H,2-5,17,19-20,22-23,25,28-29H2,1H3,(H,61,77)(H,64,74)(H,65,79)(H,66,80)(H,67,78)(H,75,76)(H,82,83)(H2,62,63,86)/t36-,42-,43+,44+,45+,46+/m1/s1. The maximum absolute atomic E-state index is 14.1. The number of thiocarbonyl (C=S) groups is 1. The van der Waals surface area contributed by atoms with E-state index in [0.717, 1.165) is 4.90 Å². The average Bonchev–Trinajstić information content (AvgIpc) is 1.20. The number of anilines is 1. The number of carboxylic acid groups (broad SMARTS) is 2. The zero-order chi connectivity index (χ0) is 62.4. The Kier molecular flexibility index (Phi) is 22.3. The van der Waals surface area contributed by atoms with E-state index in [1.54, 1.807) is 24.3 Å². The van der Waals surface area contributed by atoms with Gasteiger partial charge in [-0.2, -0.15) is 12.6 Å². The maximum atomic E-state index is 14.1. The van der Waals surface area contributed by atoms with E-state index in [2.05, 4.69) is 49.8 Å². The van der Waals surface area contributed by atoms with Crippen LogP contribution in [0.3, 0.4) is 0 Å². The van der Waals surface area contributed by atoms with Gasteiger partial charge in [-0.3, -0.25) is 38.4 Å². The number of halogens is 1. The molecule has 86 heavy (non-hydrogen) atoms. The molecule has 7 rings (SSSR count). The normalized spacial score (nSPS) is 15.1. The lowest BCUT2D eigenvalue weighted by atomic mass is 9.90. The third-order valence-electron chi connectivity index (χ3n) is 14.1. The number of aliphatic hydroxyl groups excluding tert-OH is 1. The van der Waals surface area contributed by atoms with Gasteiger partial charge in [0.1, 0.15) is 58.8 Å². The van der Waals surface area contributed by atoms with Crippen LogP contribution in [0.4, 0.5) is 5.69 Å². The number of likely N-dealkylation sites (N-methyl/N-ethyl adjacent to an activating group) is 1. The molecule has 6 atom stereocenters. The Hall–Kier alpha value is -8.98. The Morgan fingerprint density at radius 3 is 2.10 bits per heavy atom. The highest BCUT2D eigenvalue weighted by Gasteiger charge is 2.43. The molecule has 4 aromatic carbocycles. The molecular formula is C59H63ClN8O16S2. The van der Waals surface area contributed by atoms with Crippen LogP contribution in [0.25, 0.3) is 33.4 Å². The van der Waals surface area contributed by atoms with Crippen LogP contribution in [0, 0.1) is 0 Å². The first-order valence-electron chi connectivity index (χ1n) is 27.1. The molecule has 24 nitrogen and oxygen atoms in total. The quantitative estimate of drug-likeness (QED) is 0.0159. The summed E-state index contributed by atoms with van der Waals surface area (Å²) in [5, 5.41) is 80.1. The van der Waals surface area contributed by atoms with Crippen molar-refractivity contribution in [1.29, 1.82) is 0 Å². The van der Waals surface area contributed by atoms with Gasteiger partial charge in [0.05, 0.1) is 16.7 Å². The lowest BCUT2D eigenvalue weighted by Gasteiger charge is -2.30. The topological polar surface area (TPSA) is 376 Å². The van der Waals surface area contributed by atoms with Gasteiger partial charge in [0.25, 0.3) is 0 Å². The molecular weight excluding hydrogens is 1180 g/mol. The van der Waals surface area contributed by atoms with Crippen molar-refractivity contribution in [3.8, 4) is 39.7 Å². The number of phenols is 3. The van der Waals surface area contributed by atoms with Crippen LogP contribution in [-0.4, -0.2) is 150 Å². The number of hydrogen-bond acceptors (Lipinski definition) is 16. The van der Waals surface area contributed by atoms with Crippen molar-refractivity contribution >= 4 is 106 Å². The minimum Gasteiger partial charge on any atom is -0.508 e. The highest BCUT2D eigenvalue weighted by atomic mass is 35.5. The van der Waals surface area contributed by atoms with Gasteiger partial charge in [-0.1, -0.05) is 42.3 Å². The number of carbonyl (C=O) groups is 8. The highest BCUT2D eigenvalue weighted by molar-refractivity contribution is 7.80. The average molecular weight is 1240 g/mol. The molecule has 0 radical (unpaired) electrons. The summed E-state index contributed by atoms with van der Waals surface area (Å²) >= 11 is 15.8. The summed E-state index contributed by atoms with van der Waals surface area (Å²) in [6.45, 7) is -0.00466.